The Balaban J connectivity index is 1.83. The molecule has 60 valence electrons. The van der Waals surface area contributed by atoms with Crippen LogP contribution in [0.25, 0.3) is 0 Å². The van der Waals surface area contributed by atoms with Gasteiger partial charge in [-0.15, -0.1) is 0 Å². The number of hydrogen-bond donors (Lipinski definition) is 0. The lowest BCUT2D eigenvalue weighted by atomic mass is 10.1. The molecular formula is C8H16O2. The molecule has 1 aliphatic heterocycles. The zero-order valence-electron chi connectivity index (χ0n) is 6.80. The van der Waals surface area contributed by atoms with Crippen LogP contribution >= 0.6 is 0 Å². The van der Waals surface area contributed by atoms with Crippen LogP contribution in [-0.4, -0.2) is 25.9 Å². The van der Waals surface area contributed by atoms with Gasteiger partial charge in [-0.2, -0.15) is 0 Å². The van der Waals surface area contributed by atoms with Crippen molar-refractivity contribution in [3.05, 3.63) is 0 Å². The highest BCUT2D eigenvalue weighted by Gasteiger charge is 2.22. The van der Waals surface area contributed by atoms with Gasteiger partial charge in [-0.05, 0) is 5.92 Å². The van der Waals surface area contributed by atoms with E-state index >= 15 is 0 Å². The fourth-order valence-electron chi connectivity index (χ4n) is 0.683. The highest BCUT2D eigenvalue weighted by molar-refractivity contribution is 4.67. The lowest BCUT2D eigenvalue weighted by molar-refractivity contribution is 0.0897. The van der Waals surface area contributed by atoms with Gasteiger partial charge in [0.05, 0.1) is 13.2 Å². The maximum absolute atomic E-state index is 5.39. The lowest BCUT2D eigenvalue weighted by Crippen LogP contribution is -2.08. The molecule has 0 aromatic heterocycles. The molecule has 0 saturated carbocycles. The van der Waals surface area contributed by atoms with E-state index in [0.717, 1.165) is 19.8 Å². The van der Waals surface area contributed by atoms with Crippen molar-refractivity contribution in [1.82, 2.24) is 0 Å². The summed E-state index contributed by atoms with van der Waals surface area (Å²) in [6.45, 7) is 6.97. The molecule has 2 atom stereocenters. The zero-order valence-corrected chi connectivity index (χ0v) is 6.80. The van der Waals surface area contributed by atoms with Crippen LogP contribution in [0.5, 0.6) is 0 Å². The molecule has 2 nitrogen and oxygen atoms in total. The lowest BCUT2D eigenvalue weighted by Gasteiger charge is -2.07. The van der Waals surface area contributed by atoms with E-state index < -0.39 is 0 Å². The molecule has 1 heterocycles. The average Bonchev–Trinajstić information content (AvgIpc) is 2.71. The molecule has 0 aliphatic carbocycles. The molecule has 0 bridgehead atoms. The molecule has 0 aromatic carbocycles. The number of rotatable bonds is 5. The third-order valence-corrected chi connectivity index (χ3v) is 1.81. The largest absolute Gasteiger partial charge is 0.378 e. The van der Waals surface area contributed by atoms with Crippen LogP contribution in [0.4, 0.5) is 0 Å². The van der Waals surface area contributed by atoms with E-state index in [-0.39, 0.29) is 0 Å². The van der Waals surface area contributed by atoms with Gasteiger partial charge >= 0.3 is 0 Å². The normalized spacial score (nSPS) is 26.4. The summed E-state index contributed by atoms with van der Waals surface area (Å²) >= 11 is 0. The minimum absolute atomic E-state index is 0.420. The molecular weight excluding hydrogens is 128 g/mol. The van der Waals surface area contributed by atoms with Crippen LogP contribution in [-0.2, 0) is 9.47 Å². The molecule has 10 heavy (non-hydrogen) atoms. The molecule has 0 N–H and O–H groups in total. The molecule has 0 unspecified atom stereocenters. The van der Waals surface area contributed by atoms with Gasteiger partial charge in [-0.1, -0.05) is 20.3 Å². The first-order valence-electron chi connectivity index (χ1n) is 4.02. The number of hydrogen-bond acceptors (Lipinski definition) is 2. The minimum atomic E-state index is 0.420. The second-order valence-corrected chi connectivity index (χ2v) is 3.01. The van der Waals surface area contributed by atoms with Crippen LogP contribution in [0.1, 0.15) is 20.3 Å². The standard InChI is InChI=1S/C8H16O2/c1-3-7(2)4-9-5-8-6-10-8/h7-8H,3-6H2,1-2H3/t7-,8-/m0/s1. The van der Waals surface area contributed by atoms with Crippen molar-refractivity contribution in [2.75, 3.05) is 19.8 Å². The fourth-order valence-corrected chi connectivity index (χ4v) is 0.683. The van der Waals surface area contributed by atoms with Crippen LogP contribution < -0.4 is 0 Å². The molecule has 1 saturated heterocycles. The smallest absolute Gasteiger partial charge is 0.104 e. The van der Waals surface area contributed by atoms with Gasteiger partial charge in [0.1, 0.15) is 6.10 Å². The summed E-state index contributed by atoms with van der Waals surface area (Å²) in [6.07, 6.45) is 1.62. The zero-order chi connectivity index (χ0) is 7.40. The predicted molar refractivity (Wildman–Crippen MR) is 40.0 cm³/mol. The van der Waals surface area contributed by atoms with Gasteiger partial charge in [0.25, 0.3) is 0 Å². The van der Waals surface area contributed by atoms with Crippen LogP contribution in [0, 0.1) is 5.92 Å². The minimum Gasteiger partial charge on any atom is -0.378 e. The summed E-state index contributed by atoms with van der Waals surface area (Å²) < 4.78 is 10.4. The van der Waals surface area contributed by atoms with Crippen molar-refractivity contribution >= 4 is 0 Å². The molecule has 2 heteroatoms. The third-order valence-electron chi connectivity index (χ3n) is 1.81. The molecule has 1 fully saturated rings. The van der Waals surface area contributed by atoms with Gasteiger partial charge in [-0.25, -0.2) is 0 Å². The molecule has 0 aromatic rings. The Morgan fingerprint density at radius 3 is 2.90 bits per heavy atom. The topological polar surface area (TPSA) is 21.8 Å². The quantitative estimate of drug-likeness (QED) is 0.545. The van der Waals surface area contributed by atoms with Gasteiger partial charge in [0, 0.05) is 6.61 Å². The Hall–Kier alpha value is -0.0800. The van der Waals surface area contributed by atoms with Crippen molar-refractivity contribution in [1.29, 1.82) is 0 Å². The summed E-state index contributed by atoms with van der Waals surface area (Å²) in [4.78, 5) is 0. The Kier molecular flexibility index (Phi) is 3.16. The maximum Gasteiger partial charge on any atom is 0.104 e. The van der Waals surface area contributed by atoms with Gasteiger partial charge < -0.3 is 9.47 Å². The SMILES string of the molecule is CC[C@H](C)COC[C@H]1CO1. The first kappa shape index (κ1) is 8.02. The fraction of sp³-hybridized carbons (Fsp3) is 1.00. The van der Waals surface area contributed by atoms with Crippen molar-refractivity contribution in [3.8, 4) is 0 Å². The predicted octanol–water partition coefficient (Wildman–Crippen LogP) is 1.45. The summed E-state index contributed by atoms with van der Waals surface area (Å²) in [6, 6.07) is 0. The van der Waals surface area contributed by atoms with E-state index in [1.807, 2.05) is 0 Å². The van der Waals surface area contributed by atoms with Crippen LogP contribution in [0.2, 0.25) is 0 Å². The number of epoxide rings is 1. The number of ether oxygens (including phenoxy) is 2. The van der Waals surface area contributed by atoms with E-state index in [2.05, 4.69) is 13.8 Å². The Labute approximate surface area is 62.5 Å². The van der Waals surface area contributed by atoms with E-state index in [1.54, 1.807) is 0 Å². The van der Waals surface area contributed by atoms with E-state index in [9.17, 15) is 0 Å². The van der Waals surface area contributed by atoms with Crippen molar-refractivity contribution in [2.45, 2.75) is 26.4 Å². The average molecular weight is 144 g/mol. The molecule has 0 amide bonds. The van der Waals surface area contributed by atoms with Crippen molar-refractivity contribution < 1.29 is 9.47 Å². The molecule has 0 radical (unpaired) electrons. The highest BCUT2D eigenvalue weighted by Crippen LogP contribution is 2.09. The van der Waals surface area contributed by atoms with E-state index in [0.29, 0.717) is 12.0 Å². The third kappa shape index (κ3) is 3.18. The van der Waals surface area contributed by atoms with Crippen LogP contribution in [0.15, 0.2) is 0 Å². The van der Waals surface area contributed by atoms with Crippen molar-refractivity contribution in [3.63, 3.8) is 0 Å². The first-order chi connectivity index (χ1) is 4.83. The summed E-state index contributed by atoms with van der Waals surface area (Å²) in [5, 5.41) is 0. The Morgan fingerprint density at radius 1 is 1.70 bits per heavy atom. The second kappa shape index (κ2) is 3.94. The second-order valence-electron chi connectivity index (χ2n) is 3.01. The van der Waals surface area contributed by atoms with Gasteiger partial charge in [-0.3, -0.25) is 0 Å². The summed E-state index contributed by atoms with van der Waals surface area (Å²) in [5.74, 6) is 0.693. The van der Waals surface area contributed by atoms with E-state index in [4.69, 9.17) is 9.47 Å². The van der Waals surface area contributed by atoms with Gasteiger partial charge in [0.15, 0.2) is 0 Å². The monoisotopic (exact) mass is 144 g/mol. The summed E-state index contributed by atoms with van der Waals surface area (Å²) in [5.41, 5.74) is 0. The van der Waals surface area contributed by atoms with Crippen molar-refractivity contribution in [2.24, 2.45) is 5.92 Å². The van der Waals surface area contributed by atoms with Gasteiger partial charge in [0.2, 0.25) is 0 Å². The maximum atomic E-state index is 5.39. The Bertz CT molecular complexity index is 89.3. The highest BCUT2D eigenvalue weighted by atomic mass is 16.6. The first-order valence-corrected chi connectivity index (χ1v) is 4.02. The Morgan fingerprint density at radius 2 is 2.40 bits per heavy atom. The molecule has 0 spiro atoms. The molecule has 1 aliphatic rings. The molecule has 1 rings (SSSR count). The van der Waals surface area contributed by atoms with Crippen LogP contribution in [0.3, 0.4) is 0 Å². The van der Waals surface area contributed by atoms with E-state index in [1.165, 1.54) is 6.42 Å². The summed E-state index contributed by atoms with van der Waals surface area (Å²) in [7, 11) is 0.